The highest BCUT2D eigenvalue weighted by atomic mass is 16.5. The van der Waals surface area contributed by atoms with E-state index in [0.29, 0.717) is 5.56 Å². The Hall–Kier alpha value is -3.35. The molecule has 2 atom stereocenters. The second-order valence-corrected chi connectivity index (χ2v) is 7.26. The number of nitrogens with one attached hydrogen (secondary N) is 2. The van der Waals surface area contributed by atoms with Gasteiger partial charge in [0, 0.05) is 28.4 Å². The van der Waals surface area contributed by atoms with Crippen molar-refractivity contribution in [2.75, 3.05) is 6.54 Å². The van der Waals surface area contributed by atoms with E-state index in [4.69, 9.17) is 4.74 Å². The number of para-hydroxylation sites is 1. The SMILES string of the molecule is O=C(NCCC(O)C(O)c1ccc2c(c1)[nH]c1ccccc12)OCc1ccccc1. The van der Waals surface area contributed by atoms with Crippen LogP contribution < -0.4 is 5.32 Å². The summed E-state index contributed by atoms with van der Waals surface area (Å²) in [4.78, 5) is 15.1. The minimum absolute atomic E-state index is 0.183. The summed E-state index contributed by atoms with van der Waals surface area (Å²) in [7, 11) is 0. The van der Waals surface area contributed by atoms with Crippen molar-refractivity contribution in [1.29, 1.82) is 0 Å². The number of aliphatic hydroxyl groups is 2. The van der Waals surface area contributed by atoms with Gasteiger partial charge in [0.05, 0.1) is 6.10 Å². The molecule has 6 nitrogen and oxygen atoms in total. The fraction of sp³-hybridized carbons (Fsp3) is 0.208. The van der Waals surface area contributed by atoms with Crippen LogP contribution in [0.15, 0.2) is 72.8 Å². The van der Waals surface area contributed by atoms with E-state index in [-0.39, 0.29) is 19.6 Å². The van der Waals surface area contributed by atoms with Crippen LogP contribution in [0.5, 0.6) is 0 Å². The number of fused-ring (bicyclic) bond motifs is 3. The summed E-state index contributed by atoms with van der Waals surface area (Å²) < 4.78 is 5.13. The Balaban J connectivity index is 1.30. The largest absolute Gasteiger partial charge is 0.445 e. The van der Waals surface area contributed by atoms with Crippen LogP contribution in [0.2, 0.25) is 0 Å². The van der Waals surface area contributed by atoms with Crippen LogP contribution in [0.25, 0.3) is 21.8 Å². The zero-order valence-corrected chi connectivity index (χ0v) is 16.4. The normalized spacial score (nSPS) is 13.3. The number of carbonyl (C=O) groups is 1. The Morgan fingerprint density at radius 2 is 1.67 bits per heavy atom. The van der Waals surface area contributed by atoms with Crippen LogP contribution in [0.4, 0.5) is 4.79 Å². The van der Waals surface area contributed by atoms with Gasteiger partial charge >= 0.3 is 6.09 Å². The van der Waals surface area contributed by atoms with Crippen molar-refractivity contribution in [1.82, 2.24) is 10.3 Å². The van der Waals surface area contributed by atoms with E-state index in [9.17, 15) is 15.0 Å². The molecule has 1 aromatic heterocycles. The van der Waals surface area contributed by atoms with Crippen molar-refractivity contribution >= 4 is 27.9 Å². The van der Waals surface area contributed by atoms with Gasteiger partial charge in [-0.1, -0.05) is 60.7 Å². The van der Waals surface area contributed by atoms with Crippen LogP contribution in [0.3, 0.4) is 0 Å². The predicted molar refractivity (Wildman–Crippen MR) is 116 cm³/mol. The smallest absolute Gasteiger partial charge is 0.407 e. The summed E-state index contributed by atoms with van der Waals surface area (Å²) in [6, 6.07) is 23.0. The van der Waals surface area contributed by atoms with E-state index in [1.165, 1.54) is 0 Å². The van der Waals surface area contributed by atoms with Gasteiger partial charge in [-0.25, -0.2) is 4.79 Å². The summed E-state index contributed by atoms with van der Waals surface area (Å²) >= 11 is 0. The number of aromatic nitrogens is 1. The molecule has 4 aromatic rings. The molecule has 4 rings (SSSR count). The van der Waals surface area contributed by atoms with Crippen LogP contribution in [0, 0.1) is 0 Å². The monoisotopic (exact) mass is 404 g/mol. The maximum Gasteiger partial charge on any atom is 0.407 e. The van der Waals surface area contributed by atoms with Crippen molar-refractivity contribution in [2.45, 2.75) is 25.2 Å². The molecular formula is C24H24N2O4. The van der Waals surface area contributed by atoms with E-state index in [0.717, 1.165) is 27.4 Å². The van der Waals surface area contributed by atoms with E-state index >= 15 is 0 Å². The van der Waals surface area contributed by atoms with Crippen LogP contribution >= 0.6 is 0 Å². The van der Waals surface area contributed by atoms with Crippen LogP contribution in [-0.4, -0.2) is 33.9 Å². The molecule has 3 aromatic carbocycles. The number of carbonyl (C=O) groups excluding carboxylic acids is 1. The summed E-state index contributed by atoms with van der Waals surface area (Å²) in [6.45, 7) is 0.378. The molecule has 0 bridgehead atoms. The Bertz CT molecular complexity index is 1140. The molecule has 0 fully saturated rings. The van der Waals surface area contributed by atoms with Crippen LogP contribution in [0.1, 0.15) is 23.7 Å². The zero-order valence-electron chi connectivity index (χ0n) is 16.4. The second kappa shape index (κ2) is 8.98. The molecular weight excluding hydrogens is 380 g/mol. The molecule has 0 aliphatic rings. The molecule has 0 aliphatic heterocycles. The highest BCUT2D eigenvalue weighted by Gasteiger charge is 2.19. The fourth-order valence-corrected chi connectivity index (χ4v) is 3.53. The van der Waals surface area contributed by atoms with Gasteiger partial charge in [0.2, 0.25) is 0 Å². The van der Waals surface area contributed by atoms with E-state index in [2.05, 4.69) is 10.3 Å². The summed E-state index contributed by atoms with van der Waals surface area (Å²) in [5, 5.41) is 25.7. The Kier molecular flexibility index (Phi) is 5.97. The maximum atomic E-state index is 11.8. The lowest BCUT2D eigenvalue weighted by Crippen LogP contribution is -2.29. The maximum absolute atomic E-state index is 11.8. The molecule has 0 radical (unpaired) electrons. The van der Waals surface area contributed by atoms with Crippen LogP contribution in [-0.2, 0) is 11.3 Å². The number of hydrogen-bond acceptors (Lipinski definition) is 4. The van der Waals surface area contributed by atoms with Crippen molar-refractivity contribution in [3.05, 3.63) is 83.9 Å². The van der Waals surface area contributed by atoms with Gasteiger partial charge in [-0.3, -0.25) is 0 Å². The van der Waals surface area contributed by atoms with Crippen molar-refractivity contribution < 1.29 is 19.7 Å². The molecule has 0 saturated heterocycles. The first-order valence-electron chi connectivity index (χ1n) is 9.93. The third-order valence-electron chi connectivity index (χ3n) is 5.16. The highest BCUT2D eigenvalue weighted by Crippen LogP contribution is 2.28. The summed E-state index contributed by atoms with van der Waals surface area (Å²) in [6.07, 6.45) is -2.42. The predicted octanol–water partition coefficient (Wildman–Crippen LogP) is 4.03. The molecule has 1 amide bonds. The summed E-state index contributed by atoms with van der Waals surface area (Å²) in [5.74, 6) is 0. The fourth-order valence-electron chi connectivity index (χ4n) is 3.53. The Labute approximate surface area is 174 Å². The van der Waals surface area contributed by atoms with Gasteiger partial charge in [0.1, 0.15) is 12.7 Å². The number of ether oxygens (including phenoxy) is 1. The molecule has 0 saturated carbocycles. The molecule has 6 heteroatoms. The number of amides is 1. The lowest BCUT2D eigenvalue weighted by atomic mass is 10.0. The van der Waals surface area contributed by atoms with Gasteiger partial charge in [0.15, 0.2) is 0 Å². The third-order valence-corrected chi connectivity index (χ3v) is 5.16. The van der Waals surface area contributed by atoms with E-state index < -0.39 is 18.3 Å². The standard InChI is InChI=1S/C24H24N2O4/c27-22(12-13-25-24(29)30-15-16-6-2-1-3-7-16)23(28)17-10-11-19-18-8-4-5-9-20(18)26-21(19)14-17/h1-11,14,22-23,26-28H,12-13,15H2,(H,25,29). The molecule has 1 heterocycles. The van der Waals surface area contributed by atoms with Gasteiger partial charge in [-0.15, -0.1) is 0 Å². The van der Waals surface area contributed by atoms with Crippen molar-refractivity contribution in [3.63, 3.8) is 0 Å². The molecule has 0 spiro atoms. The first-order chi connectivity index (χ1) is 14.6. The van der Waals surface area contributed by atoms with Gasteiger partial charge in [0.25, 0.3) is 0 Å². The average molecular weight is 404 g/mol. The topological polar surface area (TPSA) is 94.6 Å². The first kappa shape index (κ1) is 19.9. The third kappa shape index (κ3) is 4.45. The molecule has 154 valence electrons. The van der Waals surface area contributed by atoms with Gasteiger partial charge in [-0.05, 0) is 29.7 Å². The average Bonchev–Trinajstić information content (AvgIpc) is 3.15. The number of hydrogen-bond donors (Lipinski definition) is 4. The summed E-state index contributed by atoms with van der Waals surface area (Å²) in [5.41, 5.74) is 3.45. The minimum Gasteiger partial charge on any atom is -0.445 e. The number of rotatable bonds is 7. The number of H-pyrrole nitrogens is 1. The number of benzene rings is 3. The van der Waals surface area contributed by atoms with Crippen molar-refractivity contribution in [2.24, 2.45) is 0 Å². The minimum atomic E-state index is -1.05. The van der Waals surface area contributed by atoms with Gasteiger partial charge in [-0.2, -0.15) is 0 Å². The number of aliphatic hydroxyl groups excluding tert-OH is 2. The lowest BCUT2D eigenvalue weighted by Gasteiger charge is -2.18. The van der Waals surface area contributed by atoms with E-state index in [1.807, 2.05) is 72.8 Å². The second-order valence-electron chi connectivity index (χ2n) is 7.26. The number of alkyl carbamates (subject to hydrolysis) is 1. The first-order valence-corrected chi connectivity index (χ1v) is 9.93. The highest BCUT2D eigenvalue weighted by molar-refractivity contribution is 6.07. The Morgan fingerprint density at radius 3 is 2.50 bits per heavy atom. The van der Waals surface area contributed by atoms with E-state index in [1.54, 1.807) is 0 Å². The Morgan fingerprint density at radius 1 is 0.933 bits per heavy atom. The number of aromatic amines is 1. The lowest BCUT2D eigenvalue weighted by molar-refractivity contribution is 0.0137. The molecule has 4 N–H and O–H groups in total. The zero-order chi connectivity index (χ0) is 20.9. The van der Waals surface area contributed by atoms with Gasteiger partial charge < -0.3 is 25.3 Å². The molecule has 30 heavy (non-hydrogen) atoms. The molecule has 0 aliphatic carbocycles. The molecule has 2 unspecified atom stereocenters. The van der Waals surface area contributed by atoms with Crippen molar-refractivity contribution in [3.8, 4) is 0 Å². The quantitative estimate of drug-likeness (QED) is 0.374.